The highest BCUT2D eigenvalue weighted by Crippen LogP contribution is 2.14. The molecule has 1 fully saturated rings. The maximum Gasteiger partial charge on any atom is 0.246 e. The molecule has 1 amide bonds. The van der Waals surface area contributed by atoms with Gasteiger partial charge in [-0.2, -0.15) is 0 Å². The van der Waals surface area contributed by atoms with Gasteiger partial charge in [0.25, 0.3) is 0 Å². The minimum Gasteiger partial charge on any atom is -0.508 e. The average molecular weight is 323 g/mol. The predicted octanol–water partition coefficient (Wildman–Crippen LogP) is 2.14. The van der Waals surface area contributed by atoms with Crippen molar-refractivity contribution in [3.05, 3.63) is 66.0 Å². The topological polar surface area (TPSA) is 56.7 Å². The molecule has 5 heteroatoms. The second-order valence-corrected chi connectivity index (χ2v) is 5.89. The van der Waals surface area contributed by atoms with Gasteiger partial charge in [0.1, 0.15) is 5.75 Å². The highest BCUT2D eigenvalue weighted by Gasteiger charge is 2.19. The quantitative estimate of drug-likeness (QED) is 0.876. The minimum atomic E-state index is 0.0378. The second kappa shape index (κ2) is 7.75. The van der Waals surface area contributed by atoms with Gasteiger partial charge < -0.3 is 10.0 Å². The molecule has 5 nitrogen and oxygen atoms in total. The van der Waals surface area contributed by atoms with Crippen LogP contribution in [0.5, 0.6) is 5.75 Å². The number of hydrogen-bond acceptors (Lipinski definition) is 4. The Bertz CT molecular complexity index is 708. The third kappa shape index (κ3) is 4.43. The summed E-state index contributed by atoms with van der Waals surface area (Å²) in [7, 11) is 0. The Morgan fingerprint density at radius 3 is 2.71 bits per heavy atom. The van der Waals surface area contributed by atoms with Crippen molar-refractivity contribution < 1.29 is 9.90 Å². The van der Waals surface area contributed by atoms with Crippen LogP contribution in [-0.2, 0) is 11.3 Å². The van der Waals surface area contributed by atoms with Crippen molar-refractivity contribution in [2.45, 2.75) is 6.54 Å². The lowest BCUT2D eigenvalue weighted by Crippen LogP contribution is -2.47. The Labute approximate surface area is 141 Å². The number of hydrogen-bond donors (Lipinski definition) is 1. The molecule has 1 aromatic heterocycles. The molecule has 0 atom stereocenters. The van der Waals surface area contributed by atoms with Gasteiger partial charge in [-0.25, -0.2) is 0 Å². The summed E-state index contributed by atoms with van der Waals surface area (Å²) >= 11 is 0. The van der Waals surface area contributed by atoms with E-state index in [1.165, 1.54) is 0 Å². The van der Waals surface area contributed by atoms with Crippen LogP contribution in [0.3, 0.4) is 0 Å². The van der Waals surface area contributed by atoms with Crippen molar-refractivity contribution in [1.82, 2.24) is 14.8 Å². The maximum atomic E-state index is 12.2. The van der Waals surface area contributed by atoms with E-state index in [0.29, 0.717) is 5.75 Å². The Hall–Kier alpha value is -2.66. The van der Waals surface area contributed by atoms with E-state index in [1.807, 2.05) is 29.2 Å². The molecule has 0 radical (unpaired) electrons. The van der Waals surface area contributed by atoms with Crippen LogP contribution in [0.4, 0.5) is 0 Å². The summed E-state index contributed by atoms with van der Waals surface area (Å²) in [5.41, 5.74) is 2.01. The number of phenols is 1. The molecule has 0 bridgehead atoms. The molecule has 1 aliphatic rings. The van der Waals surface area contributed by atoms with Crippen molar-refractivity contribution in [1.29, 1.82) is 0 Å². The molecule has 24 heavy (non-hydrogen) atoms. The van der Waals surface area contributed by atoms with E-state index in [1.54, 1.807) is 36.7 Å². The second-order valence-electron chi connectivity index (χ2n) is 5.89. The first-order chi connectivity index (χ1) is 11.7. The third-order valence-electron chi connectivity index (χ3n) is 4.10. The van der Waals surface area contributed by atoms with Gasteiger partial charge >= 0.3 is 0 Å². The molecule has 3 rings (SSSR count). The number of pyridine rings is 1. The summed E-state index contributed by atoms with van der Waals surface area (Å²) in [4.78, 5) is 20.4. The molecule has 2 aromatic rings. The summed E-state index contributed by atoms with van der Waals surface area (Å²) < 4.78 is 0. The van der Waals surface area contributed by atoms with Crippen molar-refractivity contribution >= 4 is 12.0 Å². The Morgan fingerprint density at radius 1 is 1.17 bits per heavy atom. The number of rotatable bonds is 4. The Kier molecular flexibility index (Phi) is 5.23. The SMILES string of the molecule is O=C(/C=C/c1cccnc1)N1CCN(Cc2cccc(O)c2)CC1. The zero-order valence-corrected chi connectivity index (χ0v) is 13.5. The highest BCUT2D eigenvalue weighted by atomic mass is 16.3. The summed E-state index contributed by atoms with van der Waals surface area (Å²) in [5.74, 6) is 0.331. The molecule has 0 unspecified atom stereocenters. The minimum absolute atomic E-state index is 0.0378. The predicted molar refractivity (Wildman–Crippen MR) is 93.2 cm³/mol. The first kappa shape index (κ1) is 16.2. The molecule has 1 N–H and O–H groups in total. The number of carbonyl (C=O) groups excluding carboxylic acids is 1. The number of benzene rings is 1. The number of piperazine rings is 1. The van der Waals surface area contributed by atoms with Gasteiger partial charge in [-0.05, 0) is 35.4 Å². The Morgan fingerprint density at radius 2 is 2.00 bits per heavy atom. The zero-order chi connectivity index (χ0) is 16.8. The lowest BCUT2D eigenvalue weighted by molar-refractivity contribution is -0.127. The fourth-order valence-corrected chi connectivity index (χ4v) is 2.79. The molecular weight excluding hydrogens is 302 g/mol. The first-order valence-electron chi connectivity index (χ1n) is 8.08. The molecule has 1 aliphatic heterocycles. The average Bonchev–Trinajstić information content (AvgIpc) is 2.61. The maximum absolute atomic E-state index is 12.2. The molecule has 2 heterocycles. The van der Waals surface area contributed by atoms with E-state index in [2.05, 4.69) is 9.88 Å². The van der Waals surface area contributed by atoms with Crippen LogP contribution in [0, 0.1) is 0 Å². The fraction of sp³-hybridized carbons (Fsp3) is 0.263. The lowest BCUT2D eigenvalue weighted by atomic mass is 10.2. The zero-order valence-electron chi connectivity index (χ0n) is 13.5. The molecule has 124 valence electrons. The van der Waals surface area contributed by atoms with Crippen LogP contribution in [-0.4, -0.2) is 52.0 Å². The molecular formula is C19H21N3O2. The van der Waals surface area contributed by atoms with Gasteiger partial charge in [-0.15, -0.1) is 0 Å². The van der Waals surface area contributed by atoms with Gasteiger partial charge in [0.15, 0.2) is 0 Å². The highest BCUT2D eigenvalue weighted by molar-refractivity contribution is 5.91. The largest absolute Gasteiger partial charge is 0.508 e. The van der Waals surface area contributed by atoms with Crippen LogP contribution in [0.2, 0.25) is 0 Å². The monoisotopic (exact) mass is 323 g/mol. The van der Waals surface area contributed by atoms with Gasteiger partial charge in [0.05, 0.1) is 0 Å². The van der Waals surface area contributed by atoms with Crippen molar-refractivity contribution in [3.8, 4) is 5.75 Å². The van der Waals surface area contributed by atoms with Crippen LogP contribution in [0.15, 0.2) is 54.9 Å². The number of carbonyl (C=O) groups is 1. The molecule has 1 aromatic carbocycles. The number of nitrogens with zero attached hydrogens (tertiary/aromatic N) is 3. The van der Waals surface area contributed by atoms with Crippen LogP contribution in [0.25, 0.3) is 6.08 Å². The van der Waals surface area contributed by atoms with E-state index < -0.39 is 0 Å². The molecule has 0 aliphatic carbocycles. The van der Waals surface area contributed by atoms with Crippen LogP contribution < -0.4 is 0 Å². The lowest BCUT2D eigenvalue weighted by Gasteiger charge is -2.34. The van der Waals surface area contributed by atoms with Crippen LogP contribution >= 0.6 is 0 Å². The van der Waals surface area contributed by atoms with E-state index in [0.717, 1.165) is 43.9 Å². The molecule has 0 saturated carbocycles. The van der Waals surface area contributed by atoms with Gasteiger partial charge in [-0.1, -0.05) is 18.2 Å². The smallest absolute Gasteiger partial charge is 0.246 e. The van der Waals surface area contributed by atoms with E-state index in [4.69, 9.17) is 0 Å². The van der Waals surface area contributed by atoms with E-state index in [-0.39, 0.29) is 5.91 Å². The third-order valence-corrected chi connectivity index (χ3v) is 4.10. The van der Waals surface area contributed by atoms with Gasteiger partial charge in [0.2, 0.25) is 5.91 Å². The summed E-state index contributed by atoms with van der Waals surface area (Å²) in [6.45, 7) is 3.90. The van der Waals surface area contributed by atoms with Gasteiger partial charge in [0, 0.05) is 51.2 Å². The van der Waals surface area contributed by atoms with Crippen molar-refractivity contribution in [3.63, 3.8) is 0 Å². The number of aromatic hydroxyl groups is 1. The number of phenolic OH excluding ortho intramolecular Hbond substituents is 1. The first-order valence-corrected chi connectivity index (χ1v) is 8.08. The van der Waals surface area contributed by atoms with E-state index >= 15 is 0 Å². The van der Waals surface area contributed by atoms with E-state index in [9.17, 15) is 9.90 Å². The standard InChI is InChI=1S/C19H21N3O2/c23-18-5-1-3-17(13-18)15-21-9-11-22(12-10-21)19(24)7-6-16-4-2-8-20-14-16/h1-8,13-14,23H,9-12,15H2/b7-6+. The summed E-state index contributed by atoms with van der Waals surface area (Å²) in [6, 6.07) is 11.1. The summed E-state index contributed by atoms with van der Waals surface area (Å²) in [6.07, 6.45) is 6.86. The fourth-order valence-electron chi connectivity index (χ4n) is 2.79. The van der Waals surface area contributed by atoms with Crippen molar-refractivity contribution in [2.75, 3.05) is 26.2 Å². The molecule has 1 saturated heterocycles. The molecule has 0 spiro atoms. The Balaban J connectivity index is 1.49. The number of amides is 1. The normalized spacial score (nSPS) is 15.8. The summed E-state index contributed by atoms with van der Waals surface area (Å²) in [5, 5.41) is 9.53. The van der Waals surface area contributed by atoms with Gasteiger partial charge in [-0.3, -0.25) is 14.7 Å². The number of aromatic nitrogens is 1. The van der Waals surface area contributed by atoms with Crippen LogP contribution in [0.1, 0.15) is 11.1 Å². The van der Waals surface area contributed by atoms with Crippen molar-refractivity contribution in [2.24, 2.45) is 0 Å².